The lowest BCUT2D eigenvalue weighted by molar-refractivity contribution is -0.231. The maximum Gasteiger partial charge on any atom is 0.429 e. The van der Waals surface area contributed by atoms with Crippen LogP contribution in [0.3, 0.4) is 0 Å². The van der Waals surface area contributed by atoms with Crippen LogP contribution in [0, 0.1) is 23.7 Å². The molecule has 0 aromatic heterocycles. The second-order valence-electron chi connectivity index (χ2n) is 9.71. The Morgan fingerprint density at radius 1 is 0.649 bits per heavy atom. The van der Waals surface area contributed by atoms with Crippen molar-refractivity contribution >= 4 is 33.5 Å². The van der Waals surface area contributed by atoms with Gasteiger partial charge in [0.1, 0.15) is 0 Å². The van der Waals surface area contributed by atoms with Crippen molar-refractivity contribution in [2.24, 2.45) is 23.7 Å². The number of fused-ring (bicyclic) bond motifs is 5. The number of alkyl halides is 6. The maximum absolute atomic E-state index is 14.3. The Morgan fingerprint density at radius 3 is 1.49 bits per heavy atom. The Morgan fingerprint density at radius 2 is 1.08 bits per heavy atom. The van der Waals surface area contributed by atoms with E-state index < -0.39 is 71.3 Å². The smallest absolute Gasteiger partial charge is 0.429 e. The third kappa shape index (κ3) is 3.76. The highest BCUT2D eigenvalue weighted by molar-refractivity contribution is 6.01. The number of benzene rings is 3. The Hall–Kier alpha value is -3.56. The van der Waals surface area contributed by atoms with Gasteiger partial charge in [0.05, 0.1) is 11.8 Å². The first-order valence-electron chi connectivity index (χ1n) is 11.6. The minimum Gasteiger partial charge on any atom is -0.447 e. The minimum absolute atomic E-state index is 0.0199. The van der Waals surface area contributed by atoms with Gasteiger partial charge in [0.2, 0.25) is 12.2 Å². The molecular formula is C27H18F6O4. The molecule has 37 heavy (non-hydrogen) atoms. The monoisotopic (exact) mass is 520 g/mol. The number of carbonyl (C=O) groups excluding carboxylic acids is 2. The third-order valence-electron chi connectivity index (χ3n) is 7.58. The molecule has 10 heteroatoms. The predicted octanol–water partition coefficient (Wildman–Crippen LogP) is 6.74. The van der Waals surface area contributed by atoms with Gasteiger partial charge in [0.25, 0.3) is 0 Å². The topological polar surface area (TPSA) is 52.6 Å². The van der Waals surface area contributed by atoms with Crippen LogP contribution in [-0.4, -0.2) is 24.3 Å². The molecule has 192 valence electrons. The Bertz CT molecular complexity index is 1370. The van der Waals surface area contributed by atoms with Crippen LogP contribution in [0.4, 0.5) is 26.3 Å². The predicted molar refractivity (Wildman–Crippen MR) is 119 cm³/mol. The highest BCUT2D eigenvalue weighted by Crippen LogP contribution is 2.52. The summed E-state index contributed by atoms with van der Waals surface area (Å²) >= 11 is 0. The molecule has 3 aliphatic rings. The number of esters is 2. The number of ether oxygens (including phenoxy) is 2. The van der Waals surface area contributed by atoms with Gasteiger partial charge in [-0.05, 0) is 51.9 Å². The molecule has 4 nitrogen and oxygen atoms in total. The first-order chi connectivity index (χ1) is 17.4. The second kappa shape index (κ2) is 7.97. The van der Waals surface area contributed by atoms with Gasteiger partial charge < -0.3 is 9.47 Å². The Balaban J connectivity index is 1.65. The number of halogens is 6. The fourth-order valence-corrected chi connectivity index (χ4v) is 6.03. The van der Waals surface area contributed by atoms with E-state index in [0.717, 1.165) is 12.1 Å². The van der Waals surface area contributed by atoms with Crippen molar-refractivity contribution in [2.75, 3.05) is 0 Å². The molecule has 3 aromatic carbocycles. The lowest BCUT2D eigenvalue weighted by Gasteiger charge is -2.29. The van der Waals surface area contributed by atoms with Crippen LogP contribution in [0.1, 0.15) is 29.8 Å². The number of rotatable bonds is 0. The van der Waals surface area contributed by atoms with Gasteiger partial charge in [-0.2, -0.15) is 26.3 Å². The summed E-state index contributed by atoms with van der Waals surface area (Å²) in [7, 11) is 0. The normalized spacial score (nSPS) is 29.7. The van der Waals surface area contributed by atoms with Crippen LogP contribution in [0.15, 0.2) is 60.7 Å². The lowest BCUT2D eigenvalue weighted by atomic mass is 9.83. The van der Waals surface area contributed by atoms with Crippen LogP contribution >= 0.6 is 0 Å². The zero-order chi connectivity index (χ0) is 26.3. The van der Waals surface area contributed by atoms with E-state index in [9.17, 15) is 35.9 Å². The molecule has 3 aromatic rings. The standard InChI is InChI=1S/C27H18F6O4/c28-26(29,30)22-16-5-1-3-12-9-13-4-2-6-17(19(13)11-18(12)16)23(27(31,32)33)37-25(35)21-15-8-7-14(10-15)20(21)24(34)36-22/h1-9,11,14-15,20-23H,10H2/t14-,15+,20-,21-,22?,23+/m1/s1. The quantitative estimate of drug-likeness (QED) is 0.143. The van der Waals surface area contributed by atoms with Crippen molar-refractivity contribution in [2.45, 2.75) is 31.0 Å². The summed E-state index contributed by atoms with van der Waals surface area (Å²) in [4.78, 5) is 26.4. The van der Waals surface area contributed by atoms with E-state index >= 15 is 0 Å². The summed E-state index contributed by atoms with van der Waals surface area (Å²) in [6.45, 7) is 0. The van der Waals surface area contributed by atoms with Crippen molar-refractivity contribution in [1.29, 1.82) is 0 Å². The summed E-state index contributed by atoms with van der Waals surface area (Å²) in [5.74, 6) is -6.64. The zero-order valence-corrected chi connectivity index (χ0v) is 18.8. The summed E-state index contributed by atoms with van der Waals surface area (Å²) in [6.07, 6.45) is -12.0. The van der Waals surface area contributed by atoms with Gasteiger partial charge in [-0.3, -0.25) is 9.59 Å². The first-order valence-corrected chi connectivity index (χ1v) is 11.6. The van der Waals surface area contributed by atoms with Crippen LogP contribution in [0.2, 0.25) is 0 Å². The molecule has 2 aliphatic carbocycles. The van der Waals surface area contributed by atoms with E-state index in [1.807, 2.05) is 0 Å². The van der Waals surface area contributed by atoms with E-state index in [1.54, 1.807) is 12.2 Å². The highest BCUT2D eigenvalue weighted by atomic mass is 19.4. The molecule has 1 heterocycles. The molecule has 6 rings (SSSR count). The fraction of sp³-hybridized carbons (Fsp3) is 0.333. The number of hydrogen-bond acceptors (Lipinski definition) is 4. The summed E-state index contributed by atoms with van der Waals surface area (Å²) in [5.41, 5.74) is -0.805. The van der Waals surface area contributed by atoms with Crippen LogP contribution < -0.4 is 0 Å². The van der Waals surface area contributed by atoms with Crippen LogP contribution in [0.5, 0.6) is 0 Å². The summed E-state index contributed by atoms with van der Waals surface area (Å²) in [6, 6.07) is 10.7. The molecule has 0 spiro atoms. The molecule has 4 bridgehead atoms. The lowest BCUT2D eigenvalue weighted by Crippen LogP contribution is -2.39. The first kappa shape index (κ1) is 23.8. The van der Waals surface area contributed by atoms with Crippen molar-refractivity contribution in [1.82, 2.24) is 0 Å². The van der Waals surface area contributed by atoms with Crippen molar-refractivity contribution < 1.29 is 45.4 Å². The Labute approximate surface area is 205 Å². The average molecular weight is 520 g/mol. The summed E-state index contributed by atoms with van der Waals surface area (Å²) < 4.78 is 96.0. The highest BCUT2D eigenvalue weighted by Gasteiger charge is 2.57. The van der Waals surface area contributed by atoms with E-state index in [2.05, 4.69) is 0 Å². The molecule has 0 radical (unpaired) electrons. The largest absolute Gasteiger partial charge is 0.447 e. The molecule has 1 aliphatic heterocycles. The molecule has 0 saturated heterocycles. The molecule has 1 fully saturated rings. The number of hydrogen-bond donors (Lipinski definition) is 0. The van der Waals surface area contributed by atoms with Crippen LogP contribution in [0.25, 0.3) is 21.5 Å². The fourth-order valence-electron chi connectivity index (χ4n) is 6.03. The average Bonchev–Trinajstić information content (AvgIpc) is 3.44. The molecule has 0 amide bonds. The van der Waals surface area contributed by atoms with E-state index in [0.29, 0.717) is 10.8 Å². The summed E-state index contributed by atoms with van der Waals surface area (Å²) in [5, 5.41) is 0.606. The van der Waals surface area contributed by atoms with Crippen LogP contribution in [-0.2, 0) is 19.1 Å². The van der Waals surface area contributed by atoms with Gasteiger partial charge in [-0.25, -0.2) is 0 Å². The molecular weight excluding hydrogens is 502 g/mol. The third-order valence-corrected chi connectivity index (χ3v) is 7.58. The van der Waals surface area contributed by atoms with Crippen molar-refractivity contribution in [3.63, 3.8) is 0 Å². The molecule has 1 saturated carbocycles. The van der Waals surface area contributed by atoms with E-state index in [-0.39, 0.29) is 17.2 Å². The number of cyclic esters (lactones) is 2. The zero-order valence-electron chi connectivity index (χ0n) is 18.8. The van der Waals surface area contributed by atoms with E-state index in [4.69, 9.17) is 9.47 Å². The second-order valence-corrected chi connectivity index (χ2v) is 9.71. The van der Waals surface area contributed by atoms with Gasteiger partial charge in [-0.15, -0.1) is 0 Å². The van der Waals surface area contributed by atoms with Gasteiger partial charge >= 0.3 is 24.3 Å². The molecule has 0 N–H and O–H groups in total. The van der Waals surface area contributed by atoms with Crippen molar-refractivity contribution in [3.8, 4) is 0 Å². The molecule has 6 atom stereocenters. The maximum atomic E-state index is 14.3. The number of allylic oxidation sites excluding steroid dienone is 2. The van der Waals surface area contributed by atoms with Gasteiger partial charge in [-0.1, -0.05) is 48.6 Å². The van der Waals surface area contributed by atoms with Gasteiger partial charge in [0, 0.05) is 11.1 Å². The van der Waals surface area contributed by atoms with Crippen molar-refractivity contribution in [3.05, 3.63) is 71.8 Å². The minimum atomic E-state index is -5.02. The van der Waals surface area contributed by atoms with E-state index in [1.165, 1.54) is 36.4 Å². The Kier molecular flexibility index (Phi) is 5.13. The SMILES string of the molecule is O=C1OC(C(F)(F)F)c2cccc3cc4cccc(c4cc23)[C@@H](C(F)(F)F)OC(=O)[C@H]2[C@H]1[C@@H]1C=C[C@H]2C1. The number of carbonyl (C=O) groups is 2. The molecule has 1 unspecified atom stereocenters. The van der Waals surface area contributed by atoms with Gasteiger partial charge in [0.15, 0.2) is 0 Å².